The van der Waals surface area contributed by atoms with E-state index < -0.39 is 19.5 Å². The Morgan fingerprint density at radius 2 is 1.14 bits per heavy atom. The van der Waals surface area contributed by atoms with Gasteiger partial charge in [-0.3, -0.25) is 7.32 Å². The zero-order valence-corrected chi connectivity index (χ0v) is 17.2. The second-order valence-electron chi connectivity index (χ2n) is 1.09. The number of rotatable bonds is 0. The van der Waals surface area contributed by atoms with Crippen molar-refractivity contribution >= 4 is 13.3 Å². The Labute approximate surface area is 206 Å². The number of aliphatic carboxylic acids is 1. The molecule has 0 atom stereocenters. The zero-order valence-electron chi connectivity index (χ0n) is 7.79. The molecule has 0 aromatic rings. The molecule has 0 bridgehead atoms. The van der Waals surface area contributed by atoms with E-state index >= 15 is 0 Å². The molecular weight excluding hydrogens is 289 g/mol. The van der Waals surface area contributed by atoms with E-state index in [0.29, 0.717) is 0 Å². The van der Waals surface area contributed by atoms with Gasteiger partial charge in [0.25, 0.3) is 0 Å². The first-order valence-corrected chi connectivity index (χ1v) is 1.95. The maximum atomic E-state index is 10.6. The van der Waals surface area contributed by atoms with Gasteiger partial charge in [0.05, 0.1) is 0 Å². The first-order valence-electron chi connectivity index (χ1n) is 1.95. The fourth-order valence-electron chi connectivity index (χ4n) is 0. The van der Waals surface area contributed by atoms with Crippen LogP contribution in [-0.2, 0) is 4.79 Å². The van der Waals surface area contributed by atoms with Gasteiger partial charge in [-0.1, -0.05) is 0 Å². The summed E-state index contributed by atoms with van der Waals surface area (Å²) in [6, 6.07) is 0. The first-order chi connectivity index (χ1) is 4.68. The van der Waals surface area contributed by atoms with Crippen LogP contribution in [0.15, 0.2) is 0 Å². The molecule has 12 heteroatoms. The molecule has 0 rings (SSSR count). The van der Waals surface area contributed by atoms with Gasteiger partial charge in [0.15, 0.2) is 0 Å². The minimum absolute atomic E-state index is 0. The van der Waals surface area contributed by atoms with Crippen molar-refractivity contribution in [3.63, 3.8) is 0 Å². The van der Waals surface area contributed by atoms with Crippen LogP contribution in [0.3, 0.4) is 0 Å². The Bertz CT molecular complexity index is 129. The Morgan fingerprint density at radius 3 is 1.14 bits per heavy atom. The van der Waals surface area contributed by atoms with Crippen LogP contribution in [0.25, 0.3) is 0 Å². The number of carbonyl (C=O) groups is 1. The van der Waals surface area contributed by atoms with Gasteiger partial charge in [0.1, 0.15) is 0 Å². The summed E-state index contributed by atoms with van der Waals surface area (Å²) >= 11 is 0. The molecule has 1 N–H and O–H groups in total. The van der Waals surface area contributed by atoms with Crippen LogP contribution in [0, 0.1) is 0 Å². The Kier molecular flexibility index (Phi) is 37.7. The molecule has 0 radical (unpaired) electrons. The summed E-state index contributed by atoms with van der Waals surface area (Å²) in [5.74, 6) is -2.76. The fraction of sp³-hybridized carbons (Fsp3) is 0.500. The molecule has 14 heavy (non-hydrogen) atoms. The van der Waals surface area contributed by atoms with Crippen molar-refractivity contribution in [3.8, 4) is 0 Å². The van der Waals surface area contributed by atoms with Crippen LogP contribution in [-0.4, -0.2) is 24.6 Å². The summed E-state index contributed by atoms with van der Waals surface area (Å²) in [7, 11) is -2.92. The van der Waals surface area contributed by atoms with Crippen molar-refractivity contribution in [2.75, 3.05) is 0 Å². The molecule has 5 nitrogen and oxygen atoms in total. The summed E-state index contributed by atoms with van der Waals surface area (Å²) in [4.78, 5) is 8.90. The van der Waals surface area contributed by atoms with Crippen molar-refractivity contribution in [2.24, 2.45) is 0 Å². The van der Waals surface area contributed by atoms with Crippen LogP contribution >= 0.6 is 0 Å². The van der Waals surface area contributed by atoms with Crippen molar-refractivity contribution in [3.05, 3.63) is 0 Å². The third-order valence-corrected chi connectivity index (χ3v) is 0.243. The van der Waals surface area contributed by atoms with E-state index in [1.165, 1.54) is 0 Å². The van der Waals surface area contributed by atoms with Crippen molar-refractivity contribution in [2.45, 2.75) is 6.18 Å². The van der Waals surface area contributed by atoms with Gasteiger partial charge < -0.3 is 20.2 Å². The van der Waals surface area contributed by atoms with Gasteiger partial charge >= 0.3 is 166 Å². The van der Waals surface area contributed by atoms with E-state index in [2.05, 4.69) is 0 Å². The van der Waals surface area contributed by atoms with E-state index in [1.54, 1.807) is 0 Å². The quantitative estimate of drug-likeness (QED) is 0.446. The Hall–Kier alpha value is 4.11. The average Bonchev–Trinajstić information content (AvgIpc) is 1.59. The second-order valence-corrected chi connectivity index (χ2v) is 1.09. The summed E-state index contributed by atoms with van der Waals surface area (Å²) in [5, 5.41) is 32.4. The average molecular weight is 290 g/mol. The number of halogens is 3. The van der Waals surface area contributed by atoms with Gasteiger partial charge in [-0.15, -0.1) is 0 Å². The third kappa shape index (κ3) is 36.0. The van der Waals surface area contributed by atoms with Crippen LogP contribution in [0.2, 0.25) is 0 Å². The number of alkyl halides is 3. The topological polar surface area (TPSA) is 106 Å². The molecule has 66 valence electrons. The maximum Gasteiger partial charge on any atom is 1.00 e. The van der Waals surface area contributed by atoms with E-state index in [4.69, 9.17) is 25.0 Å². The van der Waals surface area contributed by atoms with Crippen LogP contribution in [0.5, 0.6) is 0 Å². The largest absolute Gasteiger partial charge is 1.00 e. The van der Waals surface area contributed by atoms with E-state index in [-0.39, 0.29) is 154 Å². The summed E-state index contributed by atoms with van der Waals surface area (Å²) in [5.41, 5.74) is 0. The van der Waals surface area contributed by atoms with Gasteiger partial charge in [-0.25, -0.2) is 4.79 Å². The molecule has 0 saturated carbocycles. The Morgan fingerprint density at radius 1 is 1.07 bits per heavy atom. The van der Waals surface area contributed by atoms with Crippen molar-refractivity contribution < 1.29 is 192 Å². The van der Waals surface area contributed by atoms with E-state index in [0.717, 1.165) is 0 Å². The molecule has 0 aromatic carbocycles. The number of hydrogen-bond donors (Lipinski definition) is 1. The number of hydrogen-bond acceptors (Lipinski definition) is 4. The molecule has 0 spiro atoms. The first kappa shape index (κ1) is 30.8. The molecule has 0 aliphatic rings. The number of carboxylic acid groups (broad SMARTS) is 1. The van der Waals surface area contributed by atoms with E-state index in [9.17, 15) is 13.2 Å². The molecule has 0 aromatic heterocycles. The van der Waals surface area contributed by atoms with Gasteiger partial charge in [-0.2, -0.15) is 13.2 Å². The standard InChI is InChI=1S/C2HF3O2.BO3.3K/c3-2(4,5)1(6)7;2-1(3)4;;;/h(H,6,7);;;;/q;-3;3*+1. The molecule has 0 saturated heterocycles. The summed E-state index contributed by atoms with van der Waals surface area (Å²) in [6.07, 6.45) is -5.08. The summed E-state index contributed by atoms with van der Waals surface area (Å²) in [6.45, 7) is 0. The van der Waals surface area contributed by atoms with Gasteiger partial charge in [0, 0.05) is 0 Å². The van der Waals surface area contributed by atoms with Crippen molar-refractivity contribution in [1.29, 1.82) is 0 Å². The molecule has 0 aliphatic heterocycles. The molecule has 0 amide bonds. The normalized spacial score (nSPS) is 7.57. The summed E-state index contributed by atoms with van der Waals surface area (Å²) < 4.78 is 31.7. The molecule has 0 heterocycles. The molecule has 0 unspecified atom stereocenters. The van der Waals surface area contributed by atoms with Crippen LogP contribution < -0.4 is 169 Å². The molecule has 0 aliphatic carbocycles. The third-order valence-electron chi connectivity index (χ3n) is 0.243. The minimum Gasteiger partial charge on any atom is -0.907 e. The fourth-order valence-corrected chi connectivity index (χ4v) is 0. The maximum absolute atomic E-state index is 10.6. The van der Waals surface area contributed by atoms with E-state index in [1.807, 2.05) is 0 Å². The van der Waals surface area contributed by atoms with Crippen molar-refractivity contribution in [1.82, 2.24) is 0 Å². The predicted molar refractivity (Wildman–Crippen MR) is 19.4 cm³/mol. The number of carboxylic acids is 1. The second kappa shape index (κ2) is 17.1. The minimum atomic E-state index is -5.08. The van der Waals surface area contributed by atoms with Gasteiger partial charge in [-0.05, 0) is 0 Å². The zero-order chi connectivity index (χ0) is 9.65. The predicted octanol–water partition coefficient (Wildman–Crippen LogP) is -12.3. The van der Waals surface area contributed by atoms with Crippen LogP contribution in [0.1, 0.15) is 0 Å². The van der Waals surface area contributed by atoms with Gasteiger partial charge in [0.2, 0.25) is 0 Å². The molecule has 0 fully saturated rings. The monoisotopic (exact) mass is 290 g/mol. The SMILES string of the molecule is O=C(O)C(F)(F)F.[K+].[K+].[K+].[O-]B([O-])[O-]. The smallest absolute Gasteiger partial charge is 0.907 e. The Balaban J connectivity index is -0.0000000347. The van der Waals surface area contributed by atoms with Crippen LogP contribution in [0.4, 0.5) is 13.2 Å². The molecular formula is C2HBF3K3O5.